The van der Waals surface area contributed by atoms with Crippen LogP contribution in [0.1, 0.15) is 18.4 Å². The SMILES string of the molecule is CN1CCC(CNc2ccc(CC(=O)N(C)C)cc2)CC1. The summed E-state index contributed by atoms with van der Waals surface area (Å²) >= 11 is 0. The number of amides is 1. The Labute approximate surface area is 128 Å². The zero-order valence-corrected chi connectivity index (χ0v) is 13.4. The highest BCUT2D eigenvalue weighted by Crippen LogP contribution is 2.17. The summed E-state index contributed by atoms with van der Waals surface area (Å²) < 4.78 is 0. The number of rotatable bonds is 5. The number of likely N-dealkylation sites (tertiary alicyclic amines) is 1. The van der Waals surface area contributed by atoms with Crippen LogP contribution in [0.25, 0.3) is 0 Å². The smallest absolute Gasteiger partial charge is 0.226 e. The quantitative estimate of drug-likeness (QED) is 0.901. The lowest BCUT2D eigenvalue weighted by atomic mass is 9.97. The van der Waals surface area contributed by atoms with E-state index in [4.69, 9.17) is 0 Å². The van der Waals surface area contributed by atoms with Crippen LogP contribution < -0.4 is 5.32 Å². The summed E-state index contributed by atoms with van der Waals surface area (Å²) in [5.41, 5.74) is 2.22. The van der Waals surface area contributed by atoms with Crippen molar-refractivity contribution in [3.8, 4) is 0 Å². The van der Waals surface area contributed by atoms with Gasteiger partial charge in [0.25, 0.3) is 0 Å². The van der Waals surface area contributed by atoms with E-state index in [2.05, 4.69) is 29.4 Å². The van der Waals surface area contributed by atoms with Crippen molar-refractivity contribution in [2.45, 2.75) is 19.3 Å². The van der Waals surface area contributed by atoms with Gasteiger partial charge >= 0.3 is 0 Å². The highest BCUT2D eigenvalue weighted by molar-refractivity contribution is 5.78. The molecule has 1 aliphatic rings. The number of benzene rings is 1. The van der Waals surface area contributed by atoms with Crippen molar-refractivity contribution >= 4 is 11.6 Å². The van der Waals surface area contributed by atoms with Crippen LogP contribution >= 0.6 is 0 Å². The number of nitrogens with one attached hydrogen (secondary N) is 1. The van der Waals surface area contributed by atoms with Crippen molar-refractivity contribution in [1.82, 2.24) is 9.80 Å². The van der Waals surface area contributed by atoms with Gasteiger partial charge in [-0.3, -0.25) is 4.79 Å². The van der Waals surface area contributed by atoms with Gasteiger partial charge < -0.3 is 15.1 Å². The first kappa shape index (κ1) is 15.8. The number of hydrogen-bond donors (Lipinski definition) is 1. The van der Waals surface area contributed by atoms with Crippen LogP contribution in [0, 0.1) is 5.92 Å². The third-order valence-electron chi connectivity index (χ3n) is 4.24. The maximum atomic E-state index is 11.7. The molecular formula is C17H27N3O. The third-order valence-corrected chi connectivity index (χ3v) is 4.24. The van der Waals surface area contributed by atoms with Gasteiger partial charge in [-0.05, 0) is 56.6 Å². The molecule has 0 atom stereocenters. The van der Waals surface area contributed by atoms with E-state index in [9.17, 15) is 4.79 Å². The van der Waals surface area contributed by atoms with E-state index in [1.807, 2.05) is 12.1 Å². The number of carbonyl (C=O) groups excluding carboxylic acids is 1. The molecule has 1 heterocycles. The molecule has 1 N–H and O–H groups in total. The van der Waals surface area contributed by atoms with Gasteiger partial charge in [0.05, 0.1) is 6.42 Å². The molecule has 1 fully saturated rings. The van der Waals surface area contributed by atoms with E-state index in [0.717, 1.165) is 23.7 Å². The van der Waals surface area contributed by atoms with Crippen molar-refractivity contribution in [3.05, 3.63) is 29.8 Å². The van der Waals surface area contributed by atoms with Crippen LogP contribution in [0.5, 0.6) is 0 Å². The summed E-state index contributed by atoms with van der Waals surface area (Å²) in [6, 6.07) is 8.23. The van der Waals surface area contributed by atoms with Gasteiger partial charge in [0, 0.05) is 26.3 Å². The molecule has 0 bridgehead atoms. The molecule has 1 amide bonds. The van der Waals surface area contributed by atoms with Crippen LogP contribution in [0.3, 0.4) is 0 Å². The zero-order chi connectivity index (χ0) is 15.2. The lowest BCUT2D eigenvalue weighted by molar-refractivity contribution is -0.127. The Bertz CT molecular complexity index is 448. The Balaban J connectivity index is 1.78. The Morgan fingerprint density at radius 2 is 1.86 bits per heavy atom. The molecule has 0 unspecified atom stereocenters. The van der Waals surface area contributed by atoms with E-state index < -0.39 is 0 Å². The Hall–Kier alpha value is -1.55. The predicted molar refractivity (Wildman–Crippen MR) is 87.6 cm³/mol. The summed E-state index contributed by atoms with van der Waals surface area (Å²) in [5, 5.41) is 3.52. The van der Waals surface area contributed by atoms with E-state index in [1.165, 1.54) is 25.9 Å². The molecule has 21 heavy (non-hydrogen) atoms. The molecule has 0 aromatic heterocycles. The van der Waals surface area contributed by atoms with E-state index in [1.54, 1.807) is 19.0 Å². The normalized spacial score (nSPS) is 16.7. The Morgan fingerprint density at radius 1 is 1.24 bits per heavy atom. The molecule has 0 saturated carbocycles. The summed E-state index contributed by atoms with van der Waals surface area (Å²) in [6.45, 7) is 3.46. The maximum absolute atomic E-state index is 11.7. The minimum atomic E-state index is 0.141. The summed E-state index contributed by atoms with van der Waals surface area (Å²) in [6.07, 6.45) is 3.03. The fourth-order valence-electron chi connectivity index (χ4n) is 2.60. The van der Waals surface area contributed by atoms with Crippen LogP contribution in [0.2, 0.25) is 0 Å². The monoisotopic (exact) mass is 289 g/mol. The van der Waals surface area contributed by atoms with Gasteiger partial charge in [-0.15, -0.1) is 0 Å². The number of carbonyl (C=O) groups is 1. The molecule has 0 aliphatic carbocycles. The fraction of sp³-hybridized carbons (Fsp3) is 0.588. The molecule has 4 nitrogen and oxygen atoms in total. The standard InChI is InChI=1S/C17H27N3O/c1-19(2)17(21)12-14-4-6-16(7-5-14)18-13-15-8-10-20(3)11-9-15/h4-7,15,18H,8-13H2,1-3H3. The van der Waals surface area contributed by atoms with Crippen molar-refractivity contribution in [2.24, 2.45) is 5.92 Å². The maximum Gasteiger partial charge on any atom is 0.226 e. The largest absolute Gasteiger partial charge is 0.385 e. The minimum absolute atomic E-state index is 0.141. The average Bonchev–Trinajstić information content (AvgIpc) is 2.48. The van der Waals surface area contributed by atoms with Crippen molar-refractivity contribution < 1.29 is 4.79 Å². The van der Waals surface area contributed by atoms with E-state index in [0.29, 0.717) is 6.42 Å². The molecule has 1 aromatic carbocycles. The molecule has 4 heteroatoms. The van der Waals surface area contributed by atoms with Gasteiger partial charge in [-0.1, -0.05) is 12.1 Å². The van der Waals surface area contributed by atoms with Crippen LogP contribution in [-0.2, 0) is 11.2 Å². The molecule has 1 aromatic rings. The van der Waals surface area contributed by atoms with Gasteiger partial charge in [-0.2, -0.15) is 0 Å². The topological polar surface area (TPSA) is 35.6 Å². The van der Waals surface area contributed by atoms with Gasteiger partial charge in [-0.25, -0.2) is 0 Å². The second kappa shape index (κ2) is 7.46. The number of piperidine rings is 1. The van der Waals surface area contributed by atoms with Gasteiger partial charge in [0.15, 0.2) is 0 Å². The van der Waals surface area contributed by atoms with Crippen molar-refractivity contribution in [1.29, 1.82) is 0 Å². The lowest BCUT2D eigenvalue weighted by Crippen LogP contribution is -2.32. The number of anilines is 1. The van der Waals surface area contributed by atoms with Crippen LogP contribution in [0.15, 0.2) is 24.3 Å². The first-order valence-corrected chi connectivity index (χ1v) is 7.76. The molecule has 2 rings (SSSR count). The van der Waals surface area contributed by atoms with Crippen molar-refractivity contribution in [2.75, 3.05) is 46.1 Å². The number of hydrogen-bond acceptors (Lipinski definition) is 3. The minimum Gasteiger partial charge on any atom is -0.385 e. The molecular weight excluding hydrogens is 262 g/mol. The first-order chi connectivity index (χ1) is 10.0. The molecule has 0 spiro atoms. The van der Waals surface area contributed by atoms with E-state index >= 15 is 0 Å². The Kier molecular flexibility index (Phi) is 5.62. The fourth-order valence-corrected chi connectivity index (χ4v) is 2.60. The van der Waals surface area contributed by atoms with Gasteiger partial charge in [0.1, 0.15) is 0 Å². The summed E-state index contributed by atoms with van der Waals surface area (Å²) in [4.78, 5) is 15.7. The molecule has 0 radical (unpaired) electrons. The zero-order valence-electron chi connectivity index (χ0n) is 13.4. The third kappa shape index (κ3) is 5.05. The predicted octanol–water partition coefficient (Wildman–Crippen LogP) is 2.07. The highest BCUT2D eigenvalue weighted by atomic mass is 16.2. The second-order valence-corrected chi connectivity index (χ2v) is 6.29. The summed E-state index contributed by atoms with van der Waals surface area (Å²) in [5.74, 6) is 0.915. The van der Waals surface area contributed by atoms with Crippen molar-refractivity contribution in [3.63, 3.8) is 0 Å². The Morgan fingerprint density at radius 3 is 2.43 bits per heavy atom. The lowest BCUT2D eigenvalue weighted by Gasteiger charge is -2.29. The van der Waals surface area contributed by atoms with Crippen LogP contribution in [0.4, 0.5) is 5.69 Å². The van der Waals surface area contributed by atoms with E-state index in [-0.39, 0.29) is 5.91 Å². The highest BCUT2D eigenvalue weighted by Gasteiger charge is 2.16. The molecule has 116 valence electrons. The van der Waals surface area contributed by atoms with Gasteiger partial charge in [0.2, 0.25) is 5.91 Å². The second-order valence-electron chi connectivity index (χ2n) is 6.29. The molecule has 1 saturated heterocycles. The average molecular weight is 289 g/mol. The van der Waals surface area contributed by atoms with Crippen LogP contribution in [-0.4, -0.2) is 56.5 Å². The summed E-state index contributed by atoms with van der Waals surface area (Å²) in [7, 11) is 5.77. The number of likely N-dealkylation sites (N-methyl/N-ethyl adjacent to an activating group) is 1. The number of nitrogens with zero attached hydrogens (tertiary/aromatic N) is 2. The first-order valence-electron chi connectivity index (χ1n) is 7.76. The molecule has 1 aliphatic heterocycles.